The normalized spacial score (nSPS) is 11.3. The van der Waals surface area contributed by atoms with Gasteiger partial charge in [0.15, 0.2) is 5.82 Å². The monoisotopic (exact) mass is 506 g/mol. The van der Waals surface area contributed by atoms with Crippen molar-refractivity contribution >= 4 is 33.5 Å². The molecule has 0 atom stereocenters. The lowest BCUT2D eigenvalue weighted by molar-refractivity contribution is -0.116. The molecule has 0 bridgehead atoms. The molecule has 0 unspecified atom stereocenters. The molecule has 1 aromatic carbocycles. The maximum atomic E-state index is 15.2. The highest BCUT2D eigenvalue weighted by Crippen LogP contribution is 2.34. The minimum absolute atomic E-state index is 0.0942. The number of unbranched alkanes of at least 4 members (excludes halogenated alkanes) is 1. The number of benzene rings is 1. The van der Waals surface area contributed by atoms with Crippen LogP contribution in [0.4, 0.5) is 10.1 Å². The number of amides is 1. The Bertz CT molecular complexity index is 1780. The molecule has 0 aliphatic carbocycles. The Morgan fingerprint density at radius 3 is 2.79 bits per heavy atom. The van der Waals surface area contributed by atoms with Crippen LogP contribution in [-0.2, 0) is 4.79 Å². The van der Waals surface area contributed by atoms with Gasteiger partial charge in [-0.2, -0.15) is 5.10 Å². The maximum Gasteiger partial charge on any atom is 0.224 e. The van der Waals surface area contributed by atoms with Gasteiger partial charge >= 0.3 is 0 Å². The van der Waals surface area contributed by atoms with E-state index in [-0.39, 0.29) is 5.91 Å². The van der Waals surface area contributed by atoms with Crippen molar-refractivity contribution in [3.8, 4) is 34.0 Å². The van der Waals surface area contributed by atoms with Crippen LogP contribution in [0.25, 0.3) is 56.0 Å². The molecule has 1 amide bonds. The number of halogens is 1. The van der Waals surface area contributed by atoms with Gasteiger partial charge in [-0.05, 0) is 36.8 Å². The average Bonchev–Trinajstić information content (AvgIpc) is 3.55. The highest BCUT2D eigenvalue weighted by molar-refractivity contribution is 5.98. The Hall–Kier alpha value is -4.99. The minimum Gasteiger partial charge on any atom is -0.336 e. The van der Waals surface area contributed by atoms with Gasteiger partial charge in [-0.25, -0.2) is 9.37 Å². The lowest BCUT2D eigenvalue weighted by Crippen LogP contribution is -2.11. The Kier molecular flexibility index (Phi) is 6.04. The highest BCUT2D eigenvalue weighted by atomic mass is 19.1. The predicted molar refractivity (Wildman–Crippen MR) is 144 cm³/mol. The molecule has 6 aromatic rings. The third kappa shape index (κ3) is 4.36. The summed E-state index contributed by atoms with van der Waals surface area (Å²) in [7, 11) is 0. The fourth-order valence-electron chi connectivity index (χ4n) is 4.39. The molecular formula is C28H23FN8O. The van der Waals surface area contributed by atoms with E-state index in [1.165, 1.54) is 6.07 Å². The molecule has 0 aliphatic rings. The van der Waals surface area contributed by atoms with E-state index in [0.29, 0.717) is 62.6 Å². The van der Waals surface area contributed by atoms with Crippen LogP contribution in [-0.4, -0.2) is 41.0 Å². The number of nitrogens with one attached hydrogen (secondary N) is 3. The van der Waals surface area contributed by atoms with Crippen molar-refractivity contribution in [2.45, 2.75) is 26.2 Å². The number of nitrogens with zero attached hydrogens (tertiary/aromatic N) is 5. The number of H-pyrrole nitrogens is 2. The number of fused-ring (bicyclic) bond motifs is 2. The summed E-state index contributed by atoms with van der Waals surface area (Å²) >= 11 is 0. The van der Waals surface area contributed by atoms with Crippen molar-refractivity contribution < 1.29 is 9.18 Å². The second kappa shape index (κ2) is 9.81. The summed E-state index contributed by atoms with van der Waals surface area (Å²) in [5.41, 5.74) is 5.27. The summed E-state index contributed by atoms with van der Waals surface area (Å²) in [6.07, 6.45) is 8.68. The summed E-state index contributed by atoms with van der Waals surface area (Å²) in [6, 6.07) is 12.3. The highest BCUT2D eigenvalue weighted by Gasteiger charge is 2.18. The average molecular weight is 507 g/mol. The molecule has 0 aliphatic heterocycles. The molecule has 3 N–H and O–H groups in total. The third-order valence-electron chi connectivity index (χ3n) is 6.27. The van der Waals surface area contributed by atoms with Crippen molar-refractivity contribution in [2.24, 2.45) is 0 Å². The van der Waals surface area contributed by atoms with E-state index in [4.69, 9.17) is 4.98 Å². The number of hydrogen-bond donors (Lipinski definition) is 3. The molecule has 10 heteroatoms. The molecular weight excluding hydrogens is 483 g/mol. The Labute approximate surface area is 216 Å². The molecule has 5 heterocycles. The maximum absolute atomic E-state index is 15.2. The largest absolute Gasteiger partial charge is 0.336 e. The summed E-state index contributed by atoms with van der Waals surface area (Å²) in [5, 5.41) is 10.9. The summed E-state index contributed by atoms with van der Waals surface area (Å²) in [5.74, 6) is -0.0115. The molecule has 0 radical (unpaired) electrons. The first-order valence-corrected chi connectivity index (χ1v) is 12.3. The van der Waals surface area contributed by atoms with Gasteiger partial charge in [0.05, 0.1) is 28.6 Å². The summed E-state index contributed by atoms with van der Waals surface area (Å²) in [6.45, 7) is 2.03. The van der Waals surface area contributed by atoms with Crippen LogP contribution < -0.4 is 5.32 Å². The number of hydrogen-bond acceptors (Lipinski definition) is 6. The van der Waals surface area contributed by atoms with E-state index in [0.717, 1.165) is 18.4 Å². The van der Waals surface area contributed by atoms with Crippen LogP contribution in [0.3, 0.4) is 0 Å². The number of carbonyl (C=O) groups excluding carboxylic acids is 1. The number of pyridine rings is 3. The standard InChI is InChI=1S/C28H23FN8O/c1-2-3-7-24(38)33-17-11-16(14-30-15-17)18-12-19-23(13-20(18)29)36-37-25(19)28-34-22-8-10-32-26(27(22)35-28)21-6-4-5-9-31-21/h4-6,8-15H,2-3,7H2,1H3,(H,33,38)(H,34,35)(H,36,37). The van der Waals surface area contributed by atoms with E-state index in [9.17, 15) is 4.79 Å². The van der Waals surface area contributed by atoms with Gasteiger partial charge in [-0.15, -0.1) is 0 Å². The molecule has 9 nitrogen and oxygen atoms in total. The third-order valence-corrected chi connectivity index (χ3v) is 6.27. The predicted octanol–water partition coefficient (Wildman–Crippen LogP) is 5.89. The molecule has 38 heavy (non-hydrogen) atoms. The van der Waals surface area contributed by atoms with Gasteiger partial charge in [-0.1, -0.05) is 19.4 Å². The van der Waals surface area contributed by atoms with Crippen molar-refractivity contribution in [3.63, 3.8) is 0 Å². The van der Waals surface area contributed by atoms with Crippen LogP contribution in [0.2, 0.25) is 0 Å². The van der Waals surface area contributed by atoms with Crippen LogP contribution in [0.15, 0.2) is 67.3 Å². The van der Waals surface area contributed by atoms with Crippen LogP contribution in [0, 0.1) is 5.82 Å². The Morgan fingerprint density at radius 1 is 1.03 bits per heavy atom. The van der Waals surface area contributed by atoms with E-state index >= 15 is 4.39 Å². The second-order valence-electron chi connectivity index (χ2n) is 8.92. The number of aromatic amines is 2. The van der Waals surface area contributed by atoms with Crippen molar-refractivity contribution in [3.05, 3.63) is 73.1 Å². The second-order valence-corrected chi connectivity index (χ2v) is 8.92. The van der Waals surface area contributed by atoms with Gasteiger partial charge in [0, 0.05) is 47.6 Å². The topological polar surface area (TPSA) is 125 Å². The van der Waals surface area contributed by atoms with Crippen LogP contribution in [0.5, 0.6) is 0 Å². The first-order valence-electron chi connectivity index (χ1n) is 12.3. The fraction of sp³-hybridized carbons (Fsp3) is 0.143. The molecule has 0 fully saturated rings. The molecule has 0 saturated carbocycles. The number of anilines is 1. The Morgan fingerprint density at radius 2 is 1.95 bits per heavy atom. The lowest BCUT2D eigenvalue weighted by Gasteiger charge is -2.08. The van der Waals surface area contributed by atoms with Crippen LogP contribution >= 0.6 is 0 Å². The zero-order chi connectivity index (χ0) is 26.1. The molecule has 5 aromatic heterocycles. The van der Waals surface area contributed by atoms with Crippen molar-refractivity contribution in [2.75, 3.05) is 5.32 Å². The van der Waals surface area contributed by atoms with E-state index in [1.54, 1.807) is 36.9 Å². The molecule has 6 rings (SSSR count). The van der Waals surface area contributed by atoms with Gasteiger partial charge < -0.3 is 10.3 Å². The molecule has 0 spiro atoms. The van der Waals surface area contributed by atoms with Gasteiger partial charge in [0.1, 0.15) is 22.7 Å². The van der Waals surface area contributed by atoms with Crippen LogP contribution in [0.1, 0.15) is 26.2 Å². The van der Waals surface area contributed by atoms with Gasteiger partial charge in [0.25, 0.3) is 0 Å². The number of carbonyl (C=O) groups is 1. The first kappa shape index (κ1) is 23.4. The van der Waals surface area contributed by atoms with Crippen molar-refractivity contribution in [1.29, 1.82) is 0 Å². The smallest absolute Gasteiger partial charge is 0.224 e. The Balaban J connectivity index is 1.40. The molecule has 0 saturated heterocycles. The number of aromatic nitrogens is 7. The fourth-order valence-corrected chi connectivity index (χ4v) is 4.39. The van der Waals surface area contributed by atoms with Gasteiger partial charge in [0.2, 0.25) is 5.91 Å². The summed E-state index contributed by atoms with van der Waals surface area (Å²) in [4.78, 5) is 33.4. The zero-order valence-corrected chi connectivity index (χ0v) is 20.5. The van der Waals surface area contributed by atoms with E-state index in [2.05, 4.69) is 35.5 Å². The van der Waals surface area contributed by atoms with E-state index < -0.39 is 5.82 Å². The SMILES string of the molecule is CCCCC(=O)Nc1cncc(-c2cc3c(-c4nc5c(-c6ccccn6)nccc5[nH]4)n[nH]c3cc2F)c1. The van der Waals surface area contributed by atoms with Crippen molar-refractivity contribution in [1.82, 2.24) is 35.1 Å². The zero-order valence-electron chi connectivity index (χ0n) is 20.5. The molecule has 188 valence electrons. The van der Waals surface area contributed by atoms with Gasteiger partial charge in [-0.3, -0.25) is 24.8 Å². The number of rotatable bonds is 7. The minimum atomic E-state index is -0.435. The first-order chi connectivity index (χ1) is 18.6. The summed E-state index contributed by atoms with van der Waals surface area (Å²) < 4.78 is 15.2. The quantitative estimate of drug-likeness (QED) is 0.248. The number of imidazole rings is 1. The van der Waals surface area contributed by atoms with E-state index in [1.807, 2.05) is 31.2 Å². The lowest BCUT2D eigenvalue weighted by atomic mass is 10.0.